The fraction of sp³-hybridized carbons (Fsp3) is 0.533. The van der Waals surface area contributed by atoms with Crippen molar-refractivity contribution < 1.29 is 13.9 Å². The van der Waals surface area contributed by atoms with Gasteiger partial charge in [-0.05, 0) is 38.0 Å². The van der Waals surface area contributed by atoms with Crippen LogP contribution in [0.3, 0.4) is 0 Å². The molecule has 0 aliphatic rings. The Kier molecular flexibility index (Phi) is 7.18. The molecule has 4 nitrogen and oxygen atoms in total. The largest absolute Gasteiger partial charge is 0.385 e. The molecule has 0 bridgehead atoms. The van der Waals surface area contributed by atoms with Gasteiger partial charge in [-0.25, -0.2) is 4.39 Å². The highest BCUT2D eigenvalue weighted by Crippen LogP contribution is 2.13. The van der Waals surface area contributed by atoms with Crippen molar-refractivity contribution in [2.75, 3.05) is 20.3 Å². The SMILES string of the molecule is COCCCNC(=O)C(C)NC(C)c1ccc(F)cc1. The Balaban J connectivity index is 2.38. The van der Waals surface area contributed by atoms with Gasteiger partial charge in [0.15, 0.2) is 0 Å². The number of hydrogen-bond acceptors (Lipinski definition) is 3. The molecule has 0 spiro atoms. The summed E-state index contributed by atoms with van der Waals surface area (Å²) in [6, 6.07) is 5.95. The van der Waals surface area contributed by atoms with Crippen molar-refractivity contribution in [2.24, 2.45) is 0 Å². The molecule has 5 heteroatoms. The molecule has 0 aliphatic carbocycles. The Labute approximate surface area is 119 Å². The average molecular weight is 282 g/mol. The molecule has 112 valence electrons. The summed E-state index contributed by atoms with van der Waals surface area (Å²) >= 11 is 0. The van der Waals surface area contributed by atoms with Gasteiger partial charge in [0.2, 0.25) is 5.91 Å². The number of halogens is 1. The molecule has 0 radical (unpaired) electrons. The van der Waals surface area contributed by atoms with E-state index >= 15 is 0 Å². The topological polar surface area (TPSA) is 50.4 Å². The van der Waals surface area contributed by atoms with E-state index in [4.69, 9.17) is 4.74 Å². The van der Waals surface area contributed by atoms with Crippen LogP contribution >= 0.6 is 0 Å². The van der Waals surface area contributed by atoms with E-state index in [2.05, 4.69) is 10.6 Å². The third kappa shape index (κ3) is 5.67. The van der Waals surface area contributed by atoms with Gasteiger partial charge < -0.3 is 10.1 Å². The lowest BCUT2D eigenvalue weighted by Crippen LogP contribution is -2.43. The number of nitrogens with one attached hydrogen (secondary N) is 2. The Bertz CT molecular complexity index is 409. The predicted octanol–water partition coefficient (Wildman–Crippen LogP) is 2.02. The zero-order valence-corrected chi connectivity index (χ0v) is 12.3. The number of hydrogen-bond donors (Lipinski definition) is 2. The van der Waals surface area contributed by atoms with Crippen LogP contribution in [0.1, 0.15) is 31.9 Å². The number of ether oxygens (including phenoxy) is 1. The fourth-order valence-corrected chi connectivity index (χ4v) is 1.88. The van der Waals surface area contributed by atoms with Gasteiger partial charge in [-0.1, -0.05) is 12.1 Å². The average Bonchev–Trinajstić information content (AvgIpc) is 2.44. The first-order valence-electron chi connectivity index (χ1n) is 6.82. The molecule has 0 heterocycles. The molecule has 0 fully saturated rings. The number of rotatable bonds is 8. The Morgan fingerprint density at radius 1 is 1.30 bits per heavy atom. The van der Waals surface area contributed by atoms with Crippen molar-refractivity contribution in [1.82, 2.24) is 10.6 Å². The number of methoxy groups -OCH3 is 1. The Hall–Kier alpha value is -1.46. The zero-order valence-electron chi connectivity index (χ0n) is 12.3. The number of benzene rings is 1. The molecule has 2 atom stereocenters. The normalized spacial score (nSPS) is 13.8. The molecule has 0 saturated carbocycles. The van der Waals surface area contributed by atoms with Gasteiger partial charge >= 0.3 is 0 Å². The van der Waals surface area contributed by atoms with E-state index in [0.717, 1.165) is 12.0 Å². The minimum absolute atomic E-state index is 0.0182. The first-order chi connectivity index (χ1) is 9.54. The minimum Gasteiger partial charge on any atom is -0.385 e. The van der Waals surface area contributed by atoms with E-state index in [9.17, 15) is 9.18 Å². The quantitative estimate of drug-likeness (QED) is 0.717. The molecule has 1 aromatic carbocycles. The molecule has 0 saturated heterocycles. The van der Waals surface area contributed by atoms with Crippen LogP contribution in [0.25, 0.3) is 0 Å². The van der Waals surface area contributed by atoms with Gasteiger partial charge in [-0.15, -0.1) is 0 Å². The van der Waals surface area contributed by atoms with E-state index in [1.54, 1.807) is 19.2 Å². The lowest BCUT2D eigenvalue weighted by atomic mass is 10.1. The van der Waals surface area contributed by atoms with Gasteiger partial charge in [-0.2, -0.15) is 0 Å². The van der Waals surface area contributed by atoms with Gasteiger partial charge in [0.05, 0.1) is 6.04 Å². The second-order valence-corrected chi connectivity index (χ2v) is 4.80. The predicted molar refractivity (Wildman–Crippen MR) is 76.9 cm³/mol. The highest BCUT2D eigenvalue weighted by atomic mass is 19.1. The maximum absolute atomic E-state index is 12.8. The van der Waals surface area contributed by atoms with Crippen LogP contribution in [0.2, 0.25) is 0 Å². The van der Waals surface area contributed by atoms with Crippen molar-refractivity contribution in [1.29, 1.82) is 0 Å². The van der Waals surface area contributed by atoms with Gasteiger partial charge in [0.1, 0.15) is 5.82 Å². The first kappa shape index (κ1) is 16.6. The third-order valence-electron chi connectivity index (χ3n) is 3.09. The van der Waals surface area contributed by atoms with Crippen LogP contribution in [0.5, 0.6) is 0 Å². The summed E-state index contributed by atoms with van der Waals surface area (Å²) in [5.74, 6) is -0.306. The Morgan fingerprint density at radius 2 is 1.95 bits per heavy atom. The molecule has 20 heavy (non-hydrogen) atoms. The summed E-state index contributed by atoms with van der Waals surface area (Å²) in [6.45, 7) is 4.99. The summed E-state index contributed by atoms with van der Waals surface area (Å²) in [7, 11) is 1.64. The van der Waals surface area contributed by atoms with Crippen LogP contribution in [0.4, 0.5) is 4.39 Å². The van der Waals surface area contributed by atoms with Gasteiger partial charge in [0.25, 0.3) is 0 Å². The van der Waals surface area contributed by atoms with Crippen LogP contribution in [0, 0.1) is 5.82 Å². The minimum atomic E-state index is -0.308. The van der Waals surface area contributed by atoms with Crippen molar-refractivity contribution in [2.45, 2.75) is 32.4 Å². The zero-order chi connectivity index (χ0) is 15.0. The van der Waals surface area contributed by atoms with Crippen molar-refractivity contribution in [3.63, 3.8) is 0 Å². The van der Waals surface area contributed by atoms with Crippen molar-refractivity contribution in [3.05, 3.63) is 35.6 Å². The van der Waals surface area contributed by atoms with Gasteiger partial charge in [0, 0.05) is 26.3 Å². The highest BCUT2D eigenvalue weighted by Gasteiger charge is 2.15. The fourth-order valence-electron chi connectivity index (χ4n) is 1.88. The van der Waals surface area contributed by atoms with E-state index in [-0.39, 0.29) is 23.8 Å². The maximum Gasteiger partial charge on any atom is 0.236 e. The summed E-state index contributed by atoms with van der Waals surface area (Å²) in [4.78, 5) is 11.9. The summed E-state index contributed by atoms with van der Waals surface area (Å²) in [5.41, 5.74) is 0.949. The highest BCUT2D eigenvalue weighted by molar-refractivity contribution is 5.81. The van der Waals surface area contributed by atoms with E-state index in [1.807, 2.05) is 13.8 Å². The van der Waals surface area contributed by atoms with E-state index in [1.165, 1.54) is 12.1 Å². The second-order valence-electron chi connectivity index (χ2n) is 4.80. The molecule has 0 aliphatic heterocycles. The molecule has 2 N–H and O–H groups in total. The summed E-state index contributed by atoms with van der Waals surface area (Å²) in [5, 5.41) is 6.03. The van der Waals surface area contributed by atoms with Crippen molar-refractivity contribution >= 4 is 5.91 Å². The summed E-state index contributed by atoms with van der Waals surface area (Å²) in [6.07, 6.45) is 0.794. The number of carbonyl (C=O) groups excluding carboxylic acids is 1. The lowest BCUT2D eigenvalue weighted by molar-refractivity contribution is -0.122. The molecular weight excluding hydrogens is 259 g/mol. The first-order valence-corrected chi connectivity index (χ1v) is 6.82. The van der Waals surface area contributed by atoms with Crippen molar-refractivity contribution in [3.8, 4) is 0 Å². The molecule has 0 aromatic heterocycles. The van der Waals surface area contributed by atoms with Gasteiger partial charge in [-0.3, -0.25) is 10.1 Å². The molecule has 2 unspecified atom stereocenters. The van der Waals surface area contributed by atoms with Crippen LogP contribution in [-0.2, 0) is 9.53 Å². The standard InChI is InChI=1S/C15H23FN2O2/c1-11(13-5-7-14(16)8-6-13)18-12(2)15(19)17-9-4-10-20-3/h5-8,11-12,18H,4,9-10H2,1-3H3,(H,17,19). The van der Waals surface area contributed by atoms with Crippen LogP contribution in [0.15, 0.2) is 24.3 Å². The number of carbonyl (C=O) groups is 1. The molecule has 1 rings (SSSR count). The van der Waals surface area contributed by atoms with E-state index < -0.39 is 0 Å². The second kappa shape index (κ2) is 8.66. The van der Waals surface area contributed by atoms with E-state index in [0.29, 0.717) is 13.2 Å². The summed E-state index contributed by atoms with van der Waals surface area (Å²) < 4.78 is 17.8. The maximum atomic E-state index is 12.8. The smallest absolute Gasteiger partial charge is 0.236 e. The molecular formula is C15H23FN2O2. The molecule has 1 aromatic rings. The number of amides is 1. The van der Waals surface area contributed by atoms with Crippen LogP contribution < -0.4 is 10.6 Å². The lowest BCUT2D eigenvalue weighted by Gasteiger charge is -2.20. The monoisotopic (exact) mass is 282 g/mol. The third-order valence-corrected chi connectivity index (χ3v) is 3.09. The Morgan fingerprint density at radius 3 is 2.55 bits per heavy atom. The van der Waals surface area contributed by atoms with Crippen LogP contribution in [-0.4, -0.2) is 32.2 Å². The molecule has 1 amide bonds.